The molecule has 0 aliphatic heterocycles. The van der Waals surface area contributed by atoms with E-state index >= 15 is 0 Å². The molecule has 0 saturated heterocycles. The molecule has 4 heteroatoms. The first-order valence-corrected chi connectivity index (χ1v) is 8.14. The largest absolute Gasteiger partial charge is 0.378 e. The van der Waals surface area contributed by atoms with Gasteiger partial charge in [0.1, 0.15) is 5.82 Å². The van der Waals surface area contributed by atoms with Gasteiger partial charge < -0.3 is 14.6 Å². The zero-order valence-corrected chi connectivity index (χ0v) is 13.1. The molecule has 114 valence electrons. The Kier molecular flexibility index (Phi) is 6.05. The zero-order chi connectivity index (χ0) is 14.4. The Labute approximate surface area is 122 Å². The van der Waals surface area contributed by atoms with Gasteiger partial charge in [0.25, 0.3) is 0 Å². The van der Waals surface area contributed by atoms with Crippen molar-refractivity contribution < 1.29 is 4.74 Å². The van der Waals surface area contributed by atoms with Gasteiger partial charge in [-0.1, -0.05) is 13.8 Å². The lowest BCUT2D eigenvalue weighted by atomic mass is 9.78. The number of nitrogens with zero attached hydrogens (tertiary/aromatic N) is 2. The van der Waals surface area contributed by atoms with Crippen LogP contribution in [0.5, 0.6) is 0 Å². The van der Waals surface area contributed by atoms with Crippen molar-refractivity contribution in [2.24, 2.45) is 5.92 Å². The van der Waals surface area contributed by atoms with Crippen molar-refractivity contribution in [3.8, 4) is 0 Å². The lowest BCUT2D eigenvalue weighted by Gasteiger charge is -2.37. The number of ether oxygens (including phenoxy) is 1. The number of hydrogen-bond acceptors (Lipinski definition) is 3. The number of aryl methyl sites for hydroxylation is 1. The maximum absolute atomic E-state index is 5.66. The molecule has 1 heterocycles. The fourth-order valence-corrected chi connectivity index (χ4v) is 3.16. The summed E-state index contributed by atoms with van der Waals surface area (Å²) in [6.45, 7) is 9.36. The third kappa shape index (κ3) is 3.83. The Morgan fingerprint density at radius 1 is 1.40 bits per heavy atom. The summed E-state index contributed by atoms with van der Waals surface area (Å²) in [5.41, 5.74) is 0. The quantitative estimate of drug-likeness (QED) is 0.755. The van der Waals surface area contributed by atoms with Gasteiger partial charge in [0.05, 0.1) is 12.1 Å². The number of hydrogen-bond donors (Lipinski definition) is 1. The summed E-state index contributed by atoms with van der Waals surface area (Å²) in [7, 11) is 0. The van der Waals surface area contributed by atoms with Crippen LogP contribution >= 0.6 is 0 Å². The lowest BCUT2D eigenvalue weighted by Crippen LogP contribution is -2.35. The van der Waals surface area contributed by atoms with Crippen LogP contribution in [0.3, 0.4) is 0 Å². The predicted octanol–water partition coefficient (Wildman–Crippen LogP) is 3.15. The van der Waals surface area contributed by atoms with E-state index in [0.29, 0.717) is 12.1 Å². The Balaban J connectivity index is 1.92. The van der Waals surface area contributed by atoms with Gasteiger partial charge in [0.15, 0.2) is 0 Å². The van der Waals surface area contributed by atoms with Crippen LogP contribution < -0.4 is 5.32 Å². The molecule has 1 saturated carbocycles. The van der Waals surface area contributed by atoms with E-state index in [1.165, 1.54) is 25.1 Å². The molecule has 1 aliphatic rings. The van der Waals surface area contributed by atoms with Crippen LogP contribution in [0, 0.1) is 5.92 Å². The van der Waals surface area contributed by atoms with Crippen LogP contribution in [0.25, 0.3) is 0 Å². The van der Waals surface area contributed by atoms with E-state index in [0.717, 1.165) is 32.0 Å². The van der Waals surface area contributed by atoms with E-state index in [-0.39, 0.29) is 0 Å². The average molecular weight is 279 g/mol. The van der Waals surface area contributed by atoms with Gasteiger partial charge in [-0.05, 0) is 45.1 Å². The SMILES string of the molecule is CCCn1ccnc1C(CC1CC(OCC)C1)NCC. The Morgan fingerprint density at radius 2 is 2.20 bits per heavy atom. The normalized spacial score (nSPS) is 23.6. The zero-order valence-electron chi connectivity index (χ0n) is 13.1. The molecule has 0 amide bonds. The molecule has 0 spiro atoms. The molecule has 0 aromatic carbocycles. The summed E-state index contributed by atoms with van der Waals surface area (Å²) in [6, 6.07) is 0.383. The molecule has 1 fully saturated rings. The maximum Gasteiger partial charge on any atom is 0.125 e. The predicted molar refractivity (Wildman–Crippen MR) is 81.7 cm³/mol. The topological polar surface area (TPSA) is 39.1 Å². The molecule has 0 bridgehead atoms. The number of aromatic nitrogens is 2. The molecule has 1 N–H and O–H groups in total. The Morgan fingerprint density at radius 3 is 2.85 bits per heavy atom. The fraction of sp³-hybridized carbons (Fsp3) is 0.812. The molecule has 4 nitrogen and oxygen atoms in total. The highest BCUT2D eigenvalue weighted by molar-refractivity contribution is 5.01. The van der Waals surface area contributed by atoms with Crippen LogP contribution in [-0.2, 0) is 11.3 Å². The highest BCUT2D eigenvalue weighted by Crippen LogP contribution is 2.36. The third-order valence-electron chi connectivity index (χ3n) is 4.14. The van der Waals surface area contributed by atoms with Crippen molar-refractivity contribution in [1.82, 2.24) is 14.9 Å². The second-order valence-corrected chi connectivity index (χ2v) is 5.74. The molecule has 1 atom stereocenters. The highest BCUT2D eigenvalue weighted by Gasteiger charge is 2.32. The van der Waals surface area contributed by atoms with Crippen LogP contribution in [-0.4, -0.2) is 28.8 Å². The van der Waals surface area contributed by atoms with Crippen molar-refractivity contribution >= 4 is 0 Å². The third-order valence-corrected chi connectivity index (χ3v) is 4.14. The first-order chi connectivity index (χ1) is 9.78. The molecule has 1 aromatic rings. The van der Waals surface area contributed by atoms with Crippen LogP contribution in [0.1, 0.15) is 58.3 Å². The Hall–Kier alpha value is -0.870. The Bertz CT molecular complexity index is 385. The van der Waals surface area contributed by atoms with Crippen LogP contribution in [0.4, 0.5) is 0 Å². The minimum absolute atomic E-state index is 0.383. The summed E-state index contributed by atoms with van der Waals surface area (Å²) < 4.78 is 7.96. The summed E-state index contributed by atoms with van der Waals surface area (Å²) >= 11 is 0. The van der Waals surface area contributed by atoms with Crippen LogP contribution in [0.15, 0.2) is 12.4 Å². The van der Waals surface area contributed by atoms with Gasteiger partial charge in [0, 0.05) is 25.5 Å². The van der Waals surface area contributed by atoms with Gasteiger partial charge in [0.2, 0.25) is 0 Å². The molecule has 1 aromatic heterocycles. The van der Waals surface area contributed by atoms with Crippen molar-refractivity contribution in [3.05, 3.63) is 18.2 Å². The summed E-state index contributed by atoms with van der Waals surface area (Å²) in [5, 5.41) is 3.61. The molecule has 1 unspecified atom stereocenters. The standard InChI is InChI=1S/C16H29N3O/c1-4-8-19-9-7-18-16(19)15(17-5-2)12-13-10-14(11-13)20-6-3/h7,9,13-15,17H,4-6,8,10-12H2,1-3H3. The minimum atomic E-state index is 0.383. The first kappa shape index (κ1) is 15.5. The maximum atomic E-state index is 5.66. The van der Waals surface area contributed by atoms with E-state index in [1.807, 2.05) is 6.20 Å². The first-order valence-electron chi connectivity index (χ1n) is 8.14. The van der Waals surface area contributed by atoms with Crippen LogP contribution in [0.2, 0.25) is 0 Å². The van der Waals surface area contributed by atoms with E-state index in [1.54, 1.807) is 0 Å². The molecular weight excluding hydrogens is 250 g/mol. The second-order valence-electron chi connectivity index (χ2n) is 5.74. The molecule has 2 rings (SSSR count). The molecule has 0 radical (unpaired) electrons. The fourth-order valence-electron chi connectivity index (χ4n) is 3.16. The second kappa shape index (κ2) is 7.79. The van der Waals surface area contributed by atoms with Gasteiger partial charge in [-0.25, -0.2) is 4.98 Å². The van der Waals surface area contributed by atoms with Gasteiger partial charge in [-0.3, -0.25) is 0 Å². The molecular formula is C16H29N3O. The van der Waals surface area contributed by atoms with E-state index in [9.17, 15) is 0 Å². The average Bonchev–Trinajstić information content (AvgIpc) is 2.84. The smallest absolute Gasteiger partial charge is 0.125 e. The van der Waals surface area contributed by atoms with Gasteiger partial charge in [-0.2, -0.15) is 0 Å². The van der Waals surface area contributed by atoms with E-state index in [4.69, 9.17) is 4.74 Å². The van der Waals surface area contributed by atoms with Gasteiger partial charge in [-0.15, -0.1) is 0 Å². The minimum Gasteiger partial charge on any atom is -0.378 e. The highest BCUT2D eigenvalue weighted by atomic mass is 16.5. The summed E-state index contributed by atoms with van der Waals surface area (Å²) in [5.74, 6) is 1.98. The van der Waals surface area contributed by atoms with Gasteiger partial charge >= 0.3 is 0 Å². The number of nitrogens with one attached hydrogen (secondary N) is 1. The van der Waals surface area contributed by atoms with E-state index in [2.05, 4.69) is 41.8 Å². The summed E-state index contributed by atoms with van der Waals surface area (Å²) in [6.07, 6.45) is 9.29. The summed E-state index contributed by atoms with van der Waals surface area (Å²) in [4.78, 5) is 4.59. The van der Waals surface area contributed by atoms with E-state index < -0.39 is 0 Å². The van der Waals surface area contributed by atoms with Crippen molar-refractivity contribution in [1.29, 1.82) is 0 Å². The van der Waals surface area contributed by atoms with Crippen molar-refractivity contribution in [2.75, 3.05) is 13.2 Å². The monoisotopic (exact) mass is 279 g/mol. The molecule has 20 heavy (non-hydrogen) atoms. The number of rotatable bonds is 9. The molecule has 1 aliphatic carbocycles. The van der Waals surface area contributed by atoms with Crippen molar-refractivity contribution in [2.45, 2.75) is 65.1 Å². The number of imidazole rings is 1. The lowest BCUT2D eigenvalue weighted by molar-refractivity contribution is -0.0294. The van der Waals surface area contributed by atoms with Crippen molar-refractivity contribution in [3.63, 3.8) is 0 Å².